The van der Waals surface area contributed by atoms with Crippen molar-refractivity contribution in [2.24, 2.45) is 5.73 Å². The van der Waals surface area contributed by atoms with Crippen molar-refractivity contribution in [3.63, 3.8) is 0 Å². The van der Waals surface area contributed by atoms with E-state index in [0.717, 1.165) is 37.1 Å². The maximum absolute atomic E-state index is 13.0. The Balaban J connectivity index is 1.53. The molecule has 1 aromatic heterocycles. The SMILES string of the molecule is CCCn1c(CCC(=O)N2CCOC(C(N)=O)C2)nc2cc(S(=O)(=O)N3CCCC3)ccc21. The zero-order valence-electron chi connectivity index (χ0n) is 18.9. The van der Waals surface area contributed by atoms with E-state index in [2.05, 4.69) is 11.5 Å². The number of amides is 2. The minimum Gasteiger partial charge on any atom is -0.367 e. The molecule has 1 aromatic carbocycles. The maximum atomic E-state index is 13.0. The summed E-state index contributed by atoms with van der Waals surface area (Å²) in [5, 5.41) is 0. The van der Waals surface area contributed by atoms with Crippen LogP contribution in [0.25, 0.3) is 11.0 Å². The normalized spacial score (nSPS) is 19.9. The third-order valence-corrected chi connectivity index (χ3v) is 8.14. The van der Waals surface area contributed by atoms with Crippen LogP contribution in [0.4, 0.5) is 0 Å². The van der Waals surface area contributed by atoms with E-state index in [1.807, 2.05) is 6.07 Å². The zero-order valence-corrected chi connectivity index (χ0v) is 19.7. The minimum atomic E-state index is -3.52. The van der Waals surface area contributed by atoms with Gasteiger partial charge in [0, 0.05) is 39.0 Å². The van der Waals surface area contributed by atoms with Crippen molar-refractivity contribution in [2.45, 2.75) is 56.6 Å². The third-order valence-electron chi connectivity index (χ3n) is 6.25. The van der Waals surface area contributed by atoms with Crippen LogP contribution < -0.4 is 5.73 Å². The number of nitrogens with zero attached hydrogens (tertiary/aromatic N) is 4. The van der Waals surface area contributed by atoms with Crippen LogP contribution in [0.3, 0.4) is 0 Å². The number of benzene rings is 1. The van der Waals surface area contributed by atoms with E-state index in [-0.39, 0.29) is 30.4 Å². The summed E-state index contributed by atoms with van der Waals surface area (Å²) in [4.78, 5) is 30.7. The van der Waals surface area contributed by atoms with Gasteiger partial charge in [-0.1, -0.05) is 6.92 Å². The first kappa shape index (κ1) is 23.7. The predicted molar refractivity (Wildman–Crippen MR) is 122 cm³/mol. The number of nitrogens with two attached hydrogens (primary N) is 1. The van der Waals surface area contributed by atoms with Gasteiger partial charge in [-0.3, -0.25) is 9.59 Å². The molecule has 2 N–H and O–H groups in total. The Labute approximate surface area is 193 Å². The van der Waals surface area contributed by atoms with Crippen LogP contribution in [0.15, 0.2) is 23.1 Å². The van der Waals surface area contributed by atoms with Crippen molar-refractivity contribution < 1.29 is 22.7 Å². The number of carbonyl (C=O) groups is 2. The molecule has 2 aliphatic heterocycles. The Morgan fingerprint density at radius 1 is 1.21 bits per heavy atom. The third kappa shape index (κ3) is 4.90. The van der Waals surface area contributed by atoms with Gasteiger partial charge >= 0.3 is 0 Å². The molecule has 1 atom stereocenters. The molecular weight excluding hydrogens is 446 g/mol. The molecule has 180 valence electrons. The standard InChI is InChI=1S/C22H31N5O5S/c1-2-9-27-18-6-5-16(33(30,31)26-10-3-4-11-26)14-17(18)24-20(27)7-8-21(28)25-12-13-32-19(15-25)22(23)29/h5-6,14,19H,2-4,7-13,15H2,1H3,(H2,23,29). The number of hydrogen-bond acceptors (Lipinski definition) is 6. The summed E-state index contributed by atoms with van der Waals surface area (Å²) in [5.41, 5.74) is 6.79. The molecule has 10 nitrogen and oxygen atoms in total. The molecule has 3 heterocycles. The van der Waals surface area contributed by atoms with Gasteiger partial charge in [0.2, 0.25) is 21.8 Å². The first-order valence-electron chi connectivity index (χ1n) is 11.5. The van der Waals surface area contributed by atoms with Gasteiger partial charge in [-0.25, -0.2) is 13.4 Å². The van der Waals surface area contributed by atoms with Gasteiger partial charge in [-0.2, -0.15) is 4.31 Å². The number of imidazole rings is 1. The molecule has 0 spiro atoms. The number of aryl methyl sites for hydroxylation is 2. The minimum absolute atomic E-state index is 0.0862. The smallest absolute Gasteiger partial charge is 0.248 e. The number of sulfonamides is 1. The molecule has 0 bridgehead atoms. The molecular formula is C22H31N5O5S. The Morgan fingerprint density at radius 3 is 2.67 bits per heavy atom. The topological polar surface area (TPSA) is 128 Å². The van der Waals surface area contributed by atoms with Gasteiger partial charge < -0.3 is 19.9 Å². The highest BCUT2D eigenvalue weighted by atomic mass is 32.2. The van der Waals surface area contributed by atoms with Crippen LogP contribution in [0, 0.1) is 0 Å². The summed E-state index contributed by atoms with van der Waals surface area (Å²) in [6.07, 6.45) is 2.52. The largest absolute Gasteiger partial charge is 0.367 e. The zero-order chi connectivity index (χ0) is 23.6. The Hall–Kier alpha value is -2.50. The van der Waals surface area contributed by atoms with Crippen LogP contribution in [-0.2, 0) is 37.3 Å². The van der Waals surface area contributed by atoms with Crippen LogP contribution in [0.1, 0.15) is 38.4 Å². The molecule has 0 radical (unpaired) electrons. The number of primary amides is 1. The maximum Gasteiger partial charge on any atom is 0.248 e. The van der Waals surface area contributed by atoms with E-state index in [1.165, 1.54) is 4.31 Å². The molecule has 1 unspecified atom stereocenters. The molecule has 4 rings (SSSR count). The highest BCUT2D eigenvalue weighted by molar-refractivity contribution is 7.89. The lowest BCUT2D eigenvalue weighted by atomic mass is 10.2. The van der Waals surface area contributed by atoms with E-state index in [9.17, 15) is 18.0 Å². The number of morpholine rings is 1. The number of rotatable bonds is 8. The van der Waals surface area contributed by atoms with Crippen LogP contribution in [-0.4, -0.2) is 77.9 Å². The fourth-order valence-electron chi connectivity index (χ4n) is 4.49. The molecule has 2 aromatic rings. The van der Waals surface area contributed by atoms with E-state index in [1.54, 1.807) is 17.0 Å². The Bertz CT molecular complexity index is 1140. The van der Waals surface area contributed by atoms with Gasteiger partial charge in [0.1, 0.15) is 5.82 Å². The average Bonchev–Trinajstić information content (AvgIpc) is 3.46. The molecule has 2 fully saturated rings. The van der Waals surface area contributed by atoms with Gasteiger partial charge in [-0.15, -0.1) is 0 Å². The summed E-state index contributed by atoms with van der Waals surface area (Å²) < 4.78 is 34.8. The molecule has 0 aliphatic carbocycles. The number of ether oxygens (including phenoxy) is 1. The van der Waals surface area contributed by atoms with Crippen molar-refractivity contribution in [1.29, 1.82) is 0 Å². The first-order valence-corrected chi connectivity index (χ1v) is 12.9. The number of aromatic nitrogens is 2. The first-order chi connectivity index (χ1) is 15.8. The van der Waals surface area contributed by atoms with E-state index in [0.29, 0.717) is 31.6 Å². The highest BCUT2D eigenvalue weighted by Gasteiger charge is 2.29. The van der Waals surface area contributed by atoms with Crippen molar-refractivity contribution in [1.82, 2.24) is 18.8 Å². The fraction of sp³-hybridized carbons (Fsp3) is 0.591. The molecule has 33 heavy (non-hydrogen) atoms. The van der Waals surface area contributed by atoms with Gasteiger partial charge in [0.25, 0.3) is 0 Å². The average molecular weight is 478 g/mol. The lowest BCUT2D eigenvalue weighted by molar-refractivity contribution is -0.145. The van der Waals surface area contributed by atoms with E-state index >= 15 is 0 Å². The van der Waals surface area contributed by atoms with E-state index in [4.69, 9.17) is 15.5 Å². The van der Waals surface area contributed by atoms with Gasteiger partial charge in [0.15, 0.2) is 6.10 Å². The summed E-state index contributed by atoms with van der Waals surface area (Å²) in [5.74, 6) is 0.0875. The second-order valence-corrected chi connectivity index (χ2v) is 10.5. The van der Waals surface area contributed by atoms with Crippen LogP contribution in [0.5, 0.6) is 0 Å². The number of fused-ring (bicyclic) bond motifs is 1. The molecule has 2 amide bonds. The van der Waals surface area contributed by atoms with Crippen molar-refractivity contribution in [3.8, 4) is 0 Å². The summed E-state index contributed by atoms with van der Waals surface area (Å²) in [7, 11) is -3.52. The second kappa shape index (κ2) is 9.78. The van der Waals surface area contributed by atoms with Gasteiger partial charge in [0.05, 0.1) is 29.1 Å². The van der Waals surface area contributed by atoms with Gasteiger partial charge in [-0.05, 0) is 37.5 Å². The molecule has 2 aliphatic rings. The summed E-state index contributed by atoms with van der Waals surface area (Å²) >= 11 is 0. The quantitative estimate of drug-likeness (QED) is 0.601. The summed E-state index contributed by atoms with van der Waals surface area (Å²) in [6, 6.07) is 5.10. The number of carbonyl (C=O) groups excluding carboxylic acids is 2. The van der Waals surface area contributed by atoms with Crippen molar-refractivity contribution >= 4 is 32.9 Å². The van der Waals surface area contributed by atoms with Crippen molar-refractivity contribution in [3.05, 3.63) is 24.0 Å². The lowest BCUT2D eigenvalue weighted by Gasteiger charge is -2.31. The molecule has 0 saturated carbocycles. The fourth-order valence-corrected chi connectivity index (χ4v) is 6.02. The summed E-state index contributed by atoms with van der Waals surface area (Å²) in [6.45, 7) is 4.75. The van der Waals surface area contributed by atoms with Crippen molar-refractivity contribution in [2.75, 3.05) is 32.8 Å². The van der Waals surface area contributed by atoms with Crippen LogP contribution in [0.2, 0.25) is 0 Å². The number of hydrogen-bond donors (Lipinski definition) is 1. The monoisotopic (exact) mass is 477 g/mol. The second-order valence-electron chi connectivity index (χ2n) is 8.54. The molecule has 2 saturated heterocycles. The predicted octanol–water partition coefficient (Wildman–Crippen LogP) is 0.876. The highest BCUT2D eigenvalue weighted by Crippen LogP contribution is 2.26. The Kier molecular flexibility index (Phi) is 7.01. The van der Waals surface area contributed by atoms with E-state index < -0.39 is 22.0 Å². The lowest BCUT2D eigenvalue weighted by Crippen LogP contribution is -2.50. The Morgan fingerprint density at radius 2 is 1.97 bits per heavy atom. The molecule has 11 heteroatoms. The van der Waals surface area contributed by atoms with Crippen LogP contribution >= 0.6 is 0 Å².